The Labute approximate surface area is 188 Å². The molecule has 2 aliphatic heterocycles. The number of fused-ring (bicyclic) bond motifs is 1. The lowest BCUT2D eigenvalue weighted by molar-refractivity contribution is -0.123. The molecule has 11 heteroatoms. The molecule has 32 heavy (non-hydrogen) atoms. The maximum Gasteiger partial charge on any atom is 0.263 e. The number of benzene rings is 2. The molecule has 166 valence electrons. The number of amides is 3. The number of aryl methyl sites for hydroxylation is 1. The number of halogens is 1. The fourth-order valence-corrected chi connectivity index (χ4v) is 3.81. The molecular weight excluding hydrogens is 438 g/mol. The fraction of sp³-hybridized carbons (Fsp3) is 0.286. The third-order valence-electron chi connectivity index (χ3n) is 5.26. The zero-order valence-electron chi connectivity index (χ0n) is 17.5. The van der Waals surface area contributed by atoms with E-state index in [0.717, 1.165) is 10.5 Å². The van der Waals surface area contributed by atoms with Crippen molar-refractivity contribution in [1.29, 1.82) is 0 Å². The summed E-state index contributed by atoms with van der Waals surface area (Å²) in [5.41, 5.74) is 1.70. The summed E-state index contributed by atoms with van der Waals surface area (Å²) in [6, 6.07) is 7.83. The first-order valence-electron chi connectivity index (χ1n) is 9.67. The minimum Gasteiger partial charge on any atom is -0.493 e. The van der Waals surface area contributed by atoms with Gasteiger partial charge < -0.3 is 14.8 Å². The summed E-state index contributed by atoms with van der Waals surface area (Å²) < 4.78 is 10.5. The molecule has 1 fully saturated rings. The minimum atomic E-state index is -1.02. The molecular formula is C21H20ClN5O5. The molecule has 2 aromatic rings. The highest BCUT2D eigenvalue weighted by atomic mass is 35.5. The first-order valence-corrected chi connectivity index (χ1v) is 10.0. The van der Waals surface area contributed by atoms with E-state index in [2.05, 4.69) is 15.7 Å². The van der Waals surface area contributed by atoms with Crippen molar-refractivity contribution in [3.05, 3.63) is 47.0 Å². The molecule has 0 radical (unpaired) electrons. The highest BCUT2D eigenvalue weighted by Gasteiger charge is 2.55. The number of methoxy groups -OCH3 is 2. The third kappa shape index (κ3) is 3.73. The summed E-state index contributed by atoms with van der Waals surface area (Å²) in [7, 11) is 2.95. The van der Waals surface area contributed by atoms with Gasteiger partial charge in [-0.1, -0.05) is 22.9 Å². The average Bonchev–Trinajstić information content (AvgIpc) is 3.29. The standard InChI is InChI=1S/C21H20ClN5O5/c1-11-4-5-12(22)8-14(11)23-17(28)10-26-19-18(24-25-26)20(29)27(21(19)30)13-6-7-15(31-2)16(9-13)32-3/h4-9,18-19H,10H2,1-3H3,(H,23,28)/t18-,19-/m0/s1. The lowest BCUT2D eigenvalue weighted by Gasteiger charge is -2.21. The Balaban J connectivity index is 1.52. The molecule has 0 saturated carbocycles. The number of anilines is 2. The van der Waals surface area contributed by atoms with E-state index in [0.29, 0.717) is 27.9 Å². The van der Waals surface area contributed by atoms with E-state index >= 15 is 0 Å². The number of rotatable bonds is 6. The van der Waals surface area contributed by atoms with Gasteiger partial charge in [-0.15, -0.1) is 0 Å². The number of hydrogen-bond acceptors (Lipinski definition) is 8. The normalized spacial score (nSPS) is 19.4. The van der Waals surface area contributed by atoms with Crippen LogP contribution in [-0.4, -0.2) is 55.6 Å². The molecule has 0 unspecified atom stereocenters. The first kappa shape index (κ1) is 21.6. The van der Waals surface area contributed by atoms with E-state index in [1.807, 2.05) is 6.92 Å². The maximum absolute atomic E-state index is 13.1. The van der Waals surface area contributed by atoms with Crippen molar-refractivity contribution in [3.63, 3.8) is 0 Å². The van der Waals surface area contributed by atoms with E-state index in [9.17, 15) is 14.4 Å². The van der Waals surface area contributed by atoms with Gasteiger partial charge in [0.2, 0.25) is 5.91 Å². The molecule has 0 aliphatic carbocycles. The molecule has 2 atom stereocenters. The summed E-state index contributed by atoms with van der Waals surface area (Å²) >= 11 is 5.99. The molecule has 4 rings (SSSR count). The molecule has 10 nitrogen and oxygen atoms in total. The van der Waals surface area contributed by atoms with E-state index in [4.69, 9.17) is 21.1 Å². The maximum atomic E-state index is 13.1. The number of carbonyl (C=O) groups is 3. The van der Waals surface area contributed by atoms with Crippen molar-refractivity contribution in [1.82, 2.24) is 5.01 Å². The van der Waals surface area contributed by atoms with Crippen LogP contribution >= 0.6 is 11.6 Å². The molecule has 3 amide bonds. The Morgan fingerprint density at radius 2 is 1.84 bits per heavy atom. The molecule has 0 spiro atoms. The van der Waals surface area contributed by atoms with Gasteiger partial charge in [0, 0.05) is 16.8 Å². The summed E-state index contributed by atoms with van der Waals surface area (Å²) in [5.74, 6) is -0.629. The Kier molecular flexibility index (Phi) is 5.70. The average molecular weight is 458 g/mol. The number of nitrogens with one attached hydrogen (secondary N) is 1. The van der Waals surface area contributed by atoms with Gasteiger partial charge in [0.1, 0.15) is 6.54 Å². The lowest BCUT2D eigenvalue weighted by atomic mass is 10.1. The van der Waals surface area contributed by atoms with Crippen molar-refractivity contribution in [2.75, 3.05) is 31.0 Å². The van der Waals surface area contributed by atoms with Crippen molar-refractivity contribution >= 4 is 40.7 Å². The van der Waals surface area contributed by atoms with Gasteiger partial charge in [-0.05, 0) is 36.8 Å². The molecule has 0 aromatic heterocycles. The van der Waals surface area contributed by atoms with Crippen LogP contribution < -0.4 is 19.7 Å². The fourth-order valence-electron chi connectivity index (χ4n) is 3.64. The van der Waals surface area contributed by atoms with Gasteiger partial charge in [0.25, 0.3) is 11.8 Å². The molecule has 2 aromatic carbocycles. The van der Waals surface area contributed by atoms with Gasteiger partial charge in [-0.2, -0.15) is 5.11 Å². The van der Waals surface area contributed by atoms with Crippen LogP contribution in [0.1, 0.15) is 5.56 Å². The van der Waals surface area contributed by atoms with Crippen molar-refractivity contribution in [2.24, 2.45) is 10.3 Å². The number of imide groups is 1. The van der Waals surface area contributed by atoms with E-state index in [1.165, 1.54) is 25.3 Å². The number of hydrogen-bond donors (Lipinski definition) is 1. The Morgan fingerprint density at radius 1 is 1.09 bits per heavy atom. The van der Waals surface area contributed by atoms with Crippen LogP contribution in [0.4, 0.5) is 11.4 Å². The van der Waals surface area contributed by atoms with Gasteiger partial charge in [0.15, 0.2) is 23.6 Å². The summed E-state index contributed by atoms with van der Waals surface area (Å²) in [6.45, 7) is 1.58. The van der Waals surface area contributed by atoms with Crippen molar-refractivity contribution in [2.45, 2.75) is 19.0 Å². The second kappa shape index (κ2) is 8.46. The monoisotopic (exact) mass is 457 g/mol. The van der Waals surface area contributed by atoms with Crippen LogP contribution in [0.15, 0.2) is 46.7 Å². The number of ether oxygens (including phenoxy) is 2. The molecule has 2 heterocycles. The van der Waals surface area contributed by atoms with Gasteiger partial charge in [-0.25, -0.2) is 4.90 Å². The van der Waals surface area contributed by atoms with Gasteiger partial charge in [0.05, 0.1) is 19.9 Å². The van der Waals surface area contributed by atoms with E-state index < -0.39 is 29.8 Å². The van der Waals surface area contributed by atoms with Crippen LogP contribution in [0.2, 0.25) is 5.02 Å². The zero-order valence-corrected chi connectivity index (χ0v) is 18.3. The van der Waals surface area contributed by atoms with Crippen LogP contribution in [0.3, 0.4) is 0 Å². The highest BCUT2D eigenvalue weighted by Crippen LogP contribution is 2.36. The third-order valence-corrected chi connectivity index (χ3v) is 5.50. The Bertz CT molecular complexity index is 1140. The lowest BCUT2D eigenvalue weighted by Crippen LogP contribution is -2.43. The predicted octanol–water partition coefficient (Wildman–Crippen LogP) is 2.60. The zero-order chi connectivity index (χ0) is 23.0. The van der Waals surface area contributed by atoms with Crippen LogP contribution in [0.25, 0.3) is 0 Å². The van der Waals surface area contributed by atoms with E-state index in [1.54, 1.807) is 30.3 Å². The van der Waals surface area contributed by atoms with Gasteiger partial charge >= 0.3 is 0 Å². The topological polar surface area (TPSA) is 113 Å². The largest absolute Gasteiger partial charge is 0.493 e. The SMILES string of the molecule is COc1ccc(N2C(=O)[C@H]3N=NN(CC(=O)Nc4cc(Cl)ccc4C)[C@@H]3C2=O)cc1OC. The summed E-state index contributed by atoms with van der Waals surface area (Å²) in [5, 5.41) is 12.3. The van der Waals surface area contributed by atoms with Crippen molar-refractivity contribution < 1.29 is 23.9 Å². The van der Waals surface area contributed by atoms with Crippen LogP contribution in [0, 0.1) is 6.92 Å². The Morgan fingerprint density at radius 3 is 2.56 bits per heavy atom. The summed E-state index contributed by atoms with van der Waals surface area (Å²) in [6.07, 6.45) is 0. The highest BCUT2D eigenvalue weighted by molar-refractivity contribution is 6.31. The van der Waals surface area contributed by atoms with Crippen molar-refractivity contribution in [3.8, 4) is 11.5 Å². The smallest absolute Gasteiger partial charge is 0.263 e. The second-order valence-corrected chi connectivity index (χ2v) is 7.69. The number of carbonyl (C=O) groups excluding carboxylic acids is 3. The van der Waals surface area contributed by atoms with E-state index in [-0.39, 0.29) is 6.54 Å². The van der Waals surface area contributed by atoms with Crippen LogP contribution in [0.5, 0.6) is 11.5 Å². The Hall–Kier alpha value is -3.66. The first-order chi connectivity index (χ1) is 15.3. The van der Waals surface area contributed by atoms with Gasteiger partial charge in [-0.3, -0.25) is 19.4 Å². The second-order valence-electron chi connectivity index (χ2n) is 7.25. The van der Waals surface area contributed by atoms with Crippen LogP contribution in [-0.2, 0) is 14.4 Å². The molecule has 2 aliphatic rings. The quantitative estimate of drug-likeness (QED) is 0.667. The number of nitrogens with zero attached hydrogens (tertiary/aromatic N) is 4. The summed E-state index contributed by atoms with van der Waals surface area (Å²) in [4.78, 5) is 39.6. The molecule has 1 saturated heterocycles. The predicted molar refractivity (Wildman–Crippen MR) is 116 cm³/mol. The molecule has 0 bridgehead atoms. The minimum absolute atomic E-state index is 0.255. The molecule has 1 N–H and O–H groups in total.